The van der Waals surface area contributed by atoms with E-state index in [2.05, 4.69) is 20.6 Å². The number of ether oxygens (including phenoxy) is 1. The van der Waals surface area contributed by atoms with Crippen molar-refractivity contribution in [3.8, 4) is 11.3 Å². The van der Waals surface area contributed by atoms with Gasteiger partial charge in [-0.2, -0.15) is 0 Å². The lowest BCUT2D eigenvalue weighted by molar-refractivity contribution is -0.160. The SMILES string of the molecule is CC(=O)OC(C)(C)C(=O)Nc1cnccc1Nc1cc(-c2cc(Cl)ccc2F)nc2ccccc12. The van der Waals surface area contributed by atoms with Crippen LogP contribution < -0.4 is 10.6 Å². The first kappa shape index (κ1) is 24.1. The monoisotopic (exact) mass is 492 g/mol. The number of rotatable bonds is 6. The molecular weight excluding hydrogens is 471 g/mol. The van der Waals surface area contributed by atoms with Crippen molar-refractivity contribution in [1.82, 2.24) is 9.97 Å². The molecule has 0 bridgehead atoms. The number of fused-ring (bicyclic) bond motifs is 1. The van der Waals surface area contributed by atoms with Crippen LogP contribution in [0.5, 0.6) is 0 Å². The number of benzene rings is 2. The number of hydrogen-bond acceptors (Lipinski definition) is 6. The number of esters is 1. The van der Waals surface area contributed by atoms with Crippen molar-refractivity contribution in [2.24, 2.45) is 0 Å². The third-order valence-corrected chi connectivity index (χ3v) is 5.44. The zero-order valence-corrected chi connectivity index (χ0v) is 20.0. The topological polar surface area (TPSA) is 93.2 Å². The maximum Gasteiger partial charge on any atom is 0.303 e. The van der Waals surface area contributed by atoms with Crippen molar-refractivity contribution in [3.05, 3.63) is 77.8 Å². The molecule has 2 aromatic heterocycles. The van der Waals surface area contributed by atoms with Crippen molar-refractivity contribution < 1.29 is 18.7 Å². The van der Waals surface area contributed by atoms with Crippen LogP contribution >= 0.6 is 11.6 Å². The zero-order chi connectivity index (χ0) is 25.2. The molecule has 0 atom stereocenters. The summed E-state index contributed by atoms with van der Waals surface area (Å²) in [6.45, 7) is 4.23. The fourth-order valence-electron chi connectivity index (χ4n) is 3.54. The van der Waals surface area contributed by atoms with Crippen LogP contribution in [0.15, 0.2) is 67.0 Å². The highest BCUT2D eigenvalue weighted by Gasteiger charge is 2.31. The van der Waals surface area contributed by atoms with Gasteiger partial charge < -0.3 is 15.4 Å². The van der Waals surface area contributed by atoms with E-state index in [1.54, 1.807) is 18.3 Å². The molecule has 2 N–H and O–H groups in total. The average molecular weight is 493 g/mol. The number of anilines is 3. The summed E-state index contributed by atoms with van der Waals surface area (Å²) < 4.78 is 19.7. The van der Waals surface area contributed by atoms with Crippen molar-refractivity contribution in [1.29, 1.82) is 0 Å². The molecule has 0 spiro atoms. The summed E-state index contributed by atoms with van der Waals surface area (Å²) in [5.41, 5.74) is 1.43. The van der Waals surface area contributed by atoms with E-state index in [9.17, 15) is 14.0 Å². The number of carbonyl (C=O) groups is 2. The van der Waals surface area contributed by atoms with Gasteiger partial charge in [0.05, 0.1) is 34.5 Å². The zero-order valence-electron chi connectivity index (χ0n) is 19.2. The van der Waals surface area contributed by atoms with E-state index in [1.807, 2.05) is 24.3 Å². The van der Waals surface area contributed by atoms with Crippen LogP contribution in [0.4, 0.5) is 21.5 Å². The second kappa shape index (κ2) is 9.68. The number of carbonyl (C=O) groups excluding carboxylic acids is 2. The molecule has 35 heavy (non-hydrogen) atoms. The van der Waals surface area contributed by atoms with Gasteiger partial charge in [0, 0.05) is 29.1 Å². The molecular formula is C26H22ClFN4O3. The maximum atomic E-state index is 14.6. The van der Waals surface area contributed by atoms with Crippen molar-refractivity contribution >= 4 is 51.4 Å². The van der Waals surface area contributed by atoms with E-state index in [0.717, 1.165) is 5.39 Å². The van der Waals surface area contributed by atoms with E-state index >= 15 is 0 Å². The molecule has 2 aromatic carbocycles. The summed E-state index contributed by atoms with van der Waals surface area (Å²) in [4.78, 5) is 32.9. The molecule has 0 aliphatic rings. The number of aromatic nitrogens is 2. The molecule has 4 aromatic rings. The number of para-hydroxylation sites is 1. The van der Waals surface area contributed by atoms with E-state index in [1.165, 1.54) is 45.2 Å². The van der Waals surface area contributed by atoms with E-state index in [4.69, 9.17) is 16.3 Å². The molecule has 1 amide bonds. The molecule has 9 heteroatoms. The molecule has 2 heterocycles. The summed E-state index contributed by atoms with van der Waals surface area (Å²) >= 11 is 6.10. The lowest BCUT2D eigenvalue weighted by Crippen LogP contribution is -2.41. The second-order valence-electron chi connectivity index (χ2n) is 8.30. The fourth-order valence-corrected chi connectivity index (χ4v) is 3.71. The molecule has 0 fully saturated rings. The smallest absolute Gasteiger partial charge is 0.303 e. The van der Waals surface area contributed by atoms with Crippen LogP contribution in [-0.2, 0) is 14.3 Å². The molecule has 0 aliphatic carbocycles. The van der Waals surface area contributed by atoms with Gasteiger partial charge in [-0.1, -0.05) is 29.8 Å². The fraction of sp³-hybridized carbons (Fsp3) is 0.154. The Bertz CT molecular complexity index is 1440. The van der Waals surface area contributed by atoms with Crippen molar-refractivity contribution in [2.75, 3.05) is 10.6 Å². The Morgan fingerprint density at radius 2 is 1.80 bits per heavy atom. The largest absolute Gasteiger partial charge is 0.450 e. The molecule has 7 nitrogen and oxygen atoms in total. The minimum Gasteiger partial charge on any atom is -0.450 e. The summed E-state index contributed by atoms with van der Waals surface area (Å²) in [7, 11) is 0. The van der Waals surface area contributed by atoms with Crippen LogP contribution in [0, 0.1) is 5.82 Å². The highest BCUT2D eigenvalue weighted by atomic mass is 35.5. The van der Waals surface area contributed by atoms with Crippen molar-refractivity contribution in [3.63, 3.8) is 0 Å². The Morgan fingerprint density at radius 3 is 2.57 bits per heavy atom. The highest BCUT2D eigenvalue weighted by molar-refractivity contribution is 6.30. The third kappa shape index (κ3) is 5.38. The maximum absolute atomic E-state index is 14.6. The van der Waals surface area contributed by atoms with Crippen LogP contribution in [0.2, 0.25) is 5.02 Å². The Morgan fingerprint density at radius 1 is 1.03 bits per heavy atom. The van der Waals surface area contributed by atoms with Gasteiger partial charge in [-0.15, -0.1) is 0 Å². The molecule has 0 aliphatic heterocycles. The van der Waals surface area contributed by atoms with Gasteiger partial charge in [-0.3, -0.25) is 14.6 Å². The number of pyridine rings is 2. The summed E-state index contributed by atoms with van der Waals surface area (Å²) in [6, 6.07) is 15.1. The van der Waals surface area contributed by atoms with Crippen molar-refractivity contribution in [2.45, 2.75) is 26.4 Å². The Hall–Kier alpha value is -4.04. The molecule has 178 valence electrons. The van der Waals surface area contributed by atoms with Gasteiger partial charge in [0.15, 0.2) is 5.60 Å². The first-order chi connectivity index (χ1) is 16.6. The molecule has 4 rings (SSSR count). The summed E-state index contributed by atoms with van der Waals surface area (Å²) in [5.74, 6) is -1.54. The van der Waals surface area contributed by atoms with Crippen LogP contribution in [0.1, 0.15) is 20.8 Å². The Balaban J connectivity index is 1.75. The standard InChI is InChI=1S/C26H22ClFN4O3/c1-15(33)35-26(2,3)25(34)32-24-14-29-11-10-21(24)31-22-13-23(18-12-16(27)8-9-19(18)28)30-20-7-5-4-6-17(20)22/h4-14H,1-3H3,(H,32,34)(H,29,30,31). The van der Waals surface area contributed by atoms with Crippen LogP contribution in [0.3, 0.4) is 0 Å². The average Bonchev–Trinajstić information content (AvgIpc) is 2.81. The molecule has 0 unspecified atom stereocenters. The first-order valence-electron chi connectivity index (χ1n) is 10.7. The lowest BCUT2D eigenvalue weighted by atomic mass is 10.1. The number of halogens is 2. The predicted molar refractivity (Wildman–Crippen MR) is 134 cm³/mol. The van der Waals surface area contributed by atoms with Gasteiger partial charge in [-0.05, 0) is 50.2 Å². The molecule has 0 saturated heterocycles. The van der Waals surface area contributed by atoms with Gasteiger partial charge in [0.2, 0.25) is 0 Å². The number of nitrogens with zero attached hydrogens (tertiary/aromatic N) is 2. The first-order valence-corrected chi connectivity index (χ1v) is 11.1. The number of nitrogens with one attached hydrogen (secondary N) is 2. The lowest BCUT2D eigenvalue weighted by Gasteiger charge is -2.24. The Kier molecular flexibility index (Phi) is 6.66. The molecule has 0 saturated carbocycles. The third-order valence-electron chi connectivity index (χ3n) is 5.20. The van der Waals surface area contributed by atoms with Crippen LogP contribution in [-0.4, -0.2) is 27.4 Å². The second-order valence-corrected chi connectivity index (χ2v) is 8.74. The van der Waals surface area contributed by atoms with E-state index < -0.39 is 23.3 Å². The van der Waals surface area contributed by atoms with Gasteiger partial charge in [-0.25, -0.2) is 9.37 Å². The quantitative estimate of drug-likeness (QED) is 0.315. The summed E-state index contributed by atoms with van der Waals surface area (Å²) in [5, 5.41) is 7.23. The van der Waals surface area contributed by atoms with Gasteiger partial charge in [0.25, 0.3) is 5.91 Å². The van der Waals surface area contributed by atoms with E-state index in [0.29, 0.717) is 33.3 Å². The molecule has 0 radical (unpaired) electrons. The number of hydrogen-bond donors (Lipinski definition) is 2. The van der Waals surface area contributed by atoms with Gasteiger partial charge in [0.1, 0.15) is 5.82 Å². The minimum absolute atomic E-state index is 0.262. The Labute approximate surface area is 206 Å². The minimum atomic E-state index is -1.39. The van der Waals surface area contributed by atoms with Crippen LogP contribution in [0.25, 0.3) is 22.2 Å². The summed E-state index contributed by atoms with van der Waals surface area (Å²) in [6.07, 6.45) is 3.04. The number of amides is 1. The van der Waals surface area contributed by atoms with Gasteiger partial charge >= 0.3 is 5.97 Å². The normalized spacial score (nSPS) is 11.2. The predicted octanol–water partition coefficient (Wildman–Crippen LogP) is 6.11. The highest BCUT2D eigenvalue weighted by Crippen LogP contribution is 2.34. The van der Waals surface area contributed by atoms with E-state index in [-0.39, 0.29) is 5.56 Å².